The summed E-state index contributed by atoms with van der Waals surface area (Å²) in [6.07, 6.45) is 0. The highest BCUT2D eigenvalue weighted by atomic mass is 32.1. The van der Waals surface area contributed by atoms with Crippen LogP contribution in [0.4, 0.5) is 5.82 Å². The topological polar surface area (TPSA) is 57.2 Å². The van der Waals surface area contributed by atoms with Crippen LogP contribution >= 0.6 is 11.3 Å². The molecular weight excluding hydrogens is 550 g/mol. The van der Waals surface area contributed by atoms with E-state index in [0.29, 0.717) is 5.82 Å². The number of hydrogen-bond donors (Lipinski definition) is 0. The fraction of sp³-hybridized carbons (Fsp3) is 0.0278. The summed E-state index contributed by atoms with van der Waals surface area (Å²) in [6, 6.07) is 48.8. The second kappa shape index (κ2) is 11.8. The zero-order valence-electron chi connectivity index (χ0n) is 23.4. The number of hydrogen-bond acceptors (Lipinski definition) is 5. The van der Waals surface area contributed by atoms with E-state index in [1.807, 2.05) is 119 Å². The highest BCUT2D eigenvalue weighted by molar-refractivity contribution is 7.12. The van der Waals surface area contributed by atoms with E-state index in [0.717, 1.165) is 54.9 Å². The lowest BCUT2D eigenvalue weighted by atomic mass is 10.0. The van der Waals surface area contributed by atoms with Gasteiger partial charge in [-0.05, 0) is 42.0 Å². The minimum absolute atomic E-state index is 0.711. The third-order valence-corrected chi connectivity index (χ3v) is 8.03. The van der Waals surface area contributed by atoms with Crippen molar-refractivity contribution in [2.24, 2.45) is 4.99 Å². The summed E-state index contributed by atoms with van der Waals surface area (Å²) in [5, 5.41) is 11.1. The Morgan fingerprint density at radius 3 is 1.67 bits per heavy atom. The Morgan fingerprint density at radius 1 is 0.558 bits per heavy atom. The van der Waals surface area contributed by atoms with Gasteiger partial charge in [0.15, 0.2) is 5.82 Å². The van der Waals surface area contributed by atoms with Crippen LogP contribution in [0.2, 0.25) is 0 Å². The molecule has 0 radical (unpaired) electrons. The first kappa shape index (κ1) is 26.4. The molecular formula is C36H27N5OS. The molecule has 7 aromatic rings. The van der Waals surface area contributed by atoms with Crippen LogP contribution in [0, 0.1) is 0 Å². The first-order valence-corrected chi connectivity index (χ1v) is 14.7. The third-order valence-electron chi connectivity index (χ3n) is 7.07. The number of aromatic nitrogens is 4. The van der Waals surface area contributed by atoms with Crippen molar-refractivity contribution < 1.29 is 4.74 Å². The highest BCUT2D eigenvalue weighted by Gasteiger charge is 2.23. The molecule has 7 rings (SSSR count). The van der Waals surface area contributed by atoms with E-state index in [2.05, 4.69) is 36.4 Å². The molecule has 208 valence electrons. The first-order chi connectivity index (χ1) is 21.3. The highest BCUT2D eigenvalue weighted by Crippen LogP contribution is 2.41. The molecule has 0 saturated heterocycles. The summed E-state index contributed by atoms with van der Waals surface area (Å²) in [5.41, 5.74) is 6.64. The van der Waals surface area contributed by atoms with Crippen LogP contribution < -0.4 is 9.54 Å². The van der Waals surface area contributed by atoms with Crippen molar-refractivity contribution in [3.8, 4) is 50.1 Å². The van der Waals surface area contributed by atoms with Crippen LogP contribution in [0.15, 0.2) is 151 Å². The summed E-state index contributed by atoms with van der Waals surface area (Å²) >= 11 is 1.55. The Hall–Kier alpha value is -5.53. The molecule has 0 fully saturated rings. The smallest absolute Gasteiger partial charge is 0.214 e. The lowest BCUT2D eigenvalue weighted by Gasteiger charge is -2.08. The van der Waals surface area contributed by atoms with Crippen molar-refractivity contribution in [1.29, 1.82) is 0 Å². The number of ether oxygens (including phenoxy) is 1. The molecule has 7 heteroatoms. The largest absolute Gasteiger partial charge is 0.497 e. The molecule has 0 N–H and O–H groups in total. The standard InChI is InChI=1S/C36H27N5OS/c1-42-31-24-22-26(23-25-31)32-33(27-14-6-2-7-15-27)38-40(29-18-10-4-11-19-29)34(32)37-36-41(30-20-12-5-13-21-30)39-35(43-36)28-16-8-3-9-17-28/h2-25H,1H3. The van der Waals surface area contributed by atoms with Gasteiger partial charge in [-0.15, -0.1) is 0 Å². The summed E-state index contributed by atoms with van der Waals surface area (Å²) in [7, 11) is 1.68. The molecule has 0 atom stereocenters. The molecule has 0 saturated carbocycles. The van der Waals surface area contributed by atoms with Gasteiger partial charge in [0, 0.05) is 11.1 Å². The van der Waals surface area contributed by atoms with Crippen molar-refractivity contribution in [1.82, 2.24) is 19.6 Å². The molecule has 0 spiro atoms. The average Bonchev–Trinajstić information content (AvgIpc) is 3.69. The number of para-hydroxylation sites is 2. The SMILES string of the molecule is COc1ccc(-c2c(-c3ccccc3)nn(-c3ccccc3)c2N=c2sc(-c3ccccc3)nn2-c2ccccc2)cc1. The molecule has 5 aromatic carbocycles. The van der Waals surface area contributed by atoms with Gasteiger partial charge < -0.3 is 4.74 Å². The molecule has 2 heterocycles. The van der Waals surface area contributed by atoms with Crippen LogP contribution in [-0.2, 0) is 0 Å². The Bertz CT molecular complexity index is 2030. The number of methoxy groups -OCH3 is 1. The second-order valence-electron chi connectivity index (χ2n) is 9.80. The average molecular weight is 578 g/mol. The summed E-state index contributed by atoms with van der Waals surface area (Å²) < 4.78 is 9.32. The van der Waals surface area contributed by atoms with Crippen molar-refractivity contribution in [2.45, 2.75) is 0 Å². The van der Waals surface area contributed by atoms with E-state index >= 15 is 0 Å². The van der Waals surface area contributed by atoms with Gasteiger partial charge in [0.2, 0.25) is 4.80 Å². The van der Waals surface area contributed by atoms with Crippen LogP contribution in [-0.4, -0.2) is 26.7 Å². The van der Waals surface area contributed by atoms with Gasteiger partial charge >= 0.3 is 0 Å². The van der Waals surface area contributed by atoms with E-state index in [1.165, 1.54) is 0 Å². The molecule has 0 aliphatic carbocycles. The van der Waals surface area contributed by atoms with Gasteiger partial charge in [0.1, 0.15) is 16.5 Å². The number of nitrogens with zero attached hydrogens (tertiary/aromatic N) is 5. The summed E-state index contributed by atoms with van der Waals surface area (Å²) in [4.78, 5) is 6.13. The quantitative estimate of drug-likeness (QED) is 0.191. The van der Waals surface area contributed by atoms with Gasteiger partial charge in [0.05, 0.1) is 24.0 Å². The Morgan fingerprint density at radius 2 is 1.09 bits per heavy atom. The van der Waals surface area contributed by atoms with E-state index in [9.17, 15) is 0 Å². The van der Waals surface area contributed by atoms with Crippen molar-refractivity contribution in [2.75, 3.05) is 7.11 Å². The predicted molar refractivity (Wildman–Crippen MR) is 173 cm³/mol. The molecule has 0 amide bonds. The van der Waals surface area contributed by atoms with Gasteiger partial charge in [-0.1, -0.05) is 121 Å². The summed E-state index contributed by atoms with van der Waals surface area (Å²) in [6.45, 7) is 0. The van der Waals surface area contributed by atoms with Gasteiger partial charge in [-0.25, -0.2) is 9.36 Å². The maximum Gasteiger partial charge on any atom is 0.214 e. The fourth-order valence-electron chi connectivity index (χ4n) is 4.96. The first-order valence-electron chi connectivity index (χ1n) is 13.9. The number of rotatable bonds is 7. The van der Waals surface area contributed by atoms with Crippen LogP contribution in [0.1, 0.15) is 0 Å². The minimum atomic E-state index is 0.711. The molecule has 0 aliphatic rings. The third kappa shape index (κ3) is 5.29. The Balaban J connectivity index is 1.56. The predicted octanol–water partition coefficient (Wildman–Crippen LogP) is 8.36. The van der Waals surface area contributed by atoms with E-state index < -0.39 is 0 Å². The number of benzene rings is 5. The van der Waals surface area contributed by atoms with Crippen LogP contribution in [0.5, 0.6) is 5.75 Å². The second-order valence-corrected chi connectivity index (χ2v) is 10.8. The van der Waals surface area contributed by atoms with Gasteiger partial charge in [-0.3, -0.25) is 0 Å². The molecule has 0 aliphatic heterocycles. The van der Waals surface area contributed by atoms with Crippen molar-refractivity contribution in [3.05, 3.63) is 150 Å². The molecule has 6 nitrogen and oxygen atoms in total. The minimum Gasteiger partial charge on any atom is -0.497 e. The lowest BCUT2D eigenvalue weighted by molar-refractivity contribution is 0.415. The maximum atomic E-state index is 5.48. The lowest BCUT2D eigenvalue weighted by Crippen LogP contribution is -2.14. The van der Waals surface area contributed by atoms with E-state index in [-0.39, 0.29) is 0 Å². The van der Waals surface area contributed by atoms with E-state index in [4.69, 9.17) is 19.9 Å². The molecule has 43 heavy (non-hydrogen) atoms. The van der Waals surface area contributed by atoms with Crippen molar-refractivity contribution in [3.63, 3.8) is 0 Å². The van der Waals surface area contributed by atoms with Gasteiger partial charge in [0.25, 0.3) is 0 Å². The molecule has 0 unspecified atom stereocenters. The Labute approximate surface area is 253 Å². The summed E-state index contributed by atoms with van der Waals surface area (Å²) in [5.74, 6) is 1.50. The van der Waals surface area contributed by atoms with Gasteiger partial charge in [-0.2, -0.15) is 15.2 Å². The zero-order chi connectivity index (χ0) is 29.0. The van der Waals surface area contributed by atoms with Crippen LogP contribution in [0.25, 0.3) is 44.3 Å². The van der Waals surface area contributed by atoms with E-state index in [1.54, 1.807) is 18.4 Å². The maximum absolute atomic E-state index is 5.48. The fourth-order valence-corrected chi connectivity index (χ4v) is 5.88. The normalized spacial score (nSPS) is 11.5. The zero-order valence-corrected chi connectivity index (χ0v) is 24.2. The van der Waals surface area contributed by atoms with Crippen molar-refractivity contribution >= 4 is 17.2 Å². The molecule has 2 aromatic heterocycles. The Kier molecular flexibility index (Phi) is 7.21. The molecule has 0 bridgehead atoms. The monoisotopic (exact) mass is 577 g/mol. The van der Waals surface area contributed by atoms with Crippen LogP contribution in [0.3, 0.4) is 0 Å².